The number of piperidine rings is 1. The zero-order valence-electron chi connectivity index (χ0n) is 10.6. The highest BCUT2D eigenvalue weighted by atomic mass is 15.2. The molecule has 2 heterocycles. The molecule has 2 rings (SSSR count). The summed E-state index contributed by atoms with van der Waals surface area (Å²) in [6.45, 7) is 10.9. The molecule has 2 aliphatic rings. The van der Waals surface area contributed by atoms with Gasteiger partial charge in [0.05, 0.1) is 0 Å². The maximum atomic E-state index is 3.72. The maximum absolute atomic E-state index is 3.72. The van der Waals surface area contributed by atoms with E-state index in [1.54, 1.807) is 0 Å². The van der Waals surface area contributed by atoms with E-state index in [4.69, 9.17) is 0 Å². The number of hydrogen-bond acceptors (Lipinski definition) is 2. The first kappa shape index (κ1) is 11.4. The van der Waals surface area contributed by atoms with Gasteiger partial charge in [-0.05, 0) is 59.5 Å². The Morgan fingerprint density at radius 3 is 2.40 bits per heavy atom. The molecule has 2 heteroatoms. The molecule has 2 fully saturated rings. The van der Waals surface area contributed by atoms with Crippen molar-refractivity contribution in [1.29, 1.82) is 0 Å². The van der Waals surface area contributed by atoms with Gasteiger partial charge < -0.3 is 5.32 Å². The van der Waals surface area contributed by atoms with Crippen LogP contribution in [0.4, 0.5) is 0 Å². The molecule has 1 N–H and O–H groups in total. The van der Waals surface area contributed by atoms with Crippen molar-refractivity contribution in [2.24, 2.45) is 0 Å². The van der Waals surface area contributed by atoms with Crippen LogP contribution in [-0.4, -0.2) is 35.6 Å². The molecule has 0 aromatic carbocycles. The minimum absolute atomic E-state index is 0.375. The number of likely N-dealkylation sites (tertiary alicyclic amines) is 1. The lowest BCUT2D eigenvalue weighted by Gasteiger charge is -2.42. The Balaban J connectivity index is 1.95. The summed E-state index contributed by atoms with van der Waals surface area (Å²) in [5.41, 5.74) is 0.808. The van der Waals surface area contributed by atoms with E-state index in [0.717, 1.165) is 0 Å². The Labute approximate surface area is 94.4 Å². The predicted octanol–water partition coefficient (Wildman–Crippen LogP) is 2.39. The van der Waals surface area contributed by atoms with Crippen LogP contribution in [-0.2, 0) is 0 Å². The SMILES string of the molecule is CC1(CN2CCCC2(C)C)CCCCN1. The molecule has 0 bridgehead atoms. The molecule has 88 valence electrons. The van der Waals surface area contributed by atoms with E-state index >= 15 is 0 Å². The molecular formula is C13H26N2. The molecule has 0 aliphatic carbocycles. The van der Waals surface area contributed by atoms with Gasteiger partial charge in [-0.25, -0.2) is 0 Å². The first-order valence-electron chi connectivity index (χ1n) is 6.52. The highest BCUT2D eigenvalue weighted by Gasteiger charge is 2.37. The molecule has 0 aromatic heterocycles. The molecule has 15 heavy (non-hydrogen) atoms. The van der Waals surface area contributed by atoms with Crippen LogP contribution in [0.15, 0.2) is 0 Å². The average molecular weight is 210 g/mol. The van der Waals surface area contributed by atoms with Crippen LogP contribution >= 0.6 is 0 Å². The first-order chi connectivity index (χ1) is 7.02. The lowest BCUT2D eigenvalue weighted by Crippen LogP contribution is -2.56. The Hall–Kier alpha value is -0.0800. The van der Waals surface area contributed by atoms with Gasteiger partial charge in [-0.2, -0.15) is 0 Å². The fraction of sp³-hybridized carbons (Fsp3) is 1.00. The Morgan fingerprint density at radius 2 is 1.87 bits per heavy atom. The molecule has 0 spiro atoms. The fourth-order valence-corrected chi connectivity index (χ4v) is 3.13. The summed E-state index contributed by atoms with van der Waals surface area (Å²) in [6, 6.07) is 0. The van der Waals surface area contributed by atoms with E-state index in [1.165, 1.54) is 51.7 Å². The van der Waals surface area contributed by atoms with Crippen LogP contribution < -0.4 is 5.32 Å². The van der Waals surface area contributed by atoms with Gasteiger partial charge in [-0.3, -0.25) is 4.90 Å². The highest BCUT2D eigenvalue weighted by molar-refractivity contribution is 4.96. The maximum Gasteiger partial charge on any atom is 0.0280 e. The molecule has 0 amide bonds. The Bertz CT molecular complexity index is 217. The predicted molar refractivity (Wildman–Crippen MR) is 65.1 cm³/mol. The summed E-state index contributed by atoms with van der Waals surface area (Å²) in [5, 5.41) is 3.72. The molecule has 2 aliphatic heterocycles. The van der Waals surface area contributed by atoms with E-state index < -0.39 is 0 Å². The van der Waals surface area contributed by atoms with Crippen molar-refractivity contribution in [3.05, 3.63) is 0 Å². The third-order valence-electron chi connectivity index (χ3n) is 4.32. The van der Waals surface area contributed by atoms with Gasteiger partial charge in [-0.1, -0.05) is 6.42 Å². The van der Waals surface area contributed by atoms with Gasteiger partial charge in [0.2, 0.25) is 0 Å². The van der Waals surface area contributed by atoms with Gasteiger partial charge in [0.15, 0.2) is 0 Å². The second-order valence-electron chi connectivity index (χ2n) is 6.28. The quantitative estimate of drug-likeness (QED) is 0.753. The monoisotopic (exact) mass is 210 g/mol. The zero-order chi connectivity index (χ0) is 10.9. The number of hydrogen-bond donors (Lipinski definition) is 1. The largest absolute Gasteiger partial charge is 0.310 e. The second-order valence-corrected chi connectivity index (χ2v) is 6.28. The Morgan fingerprint density at radius 1 is 1.07 bits per heavy atom. The van der Waals surface area contributed by atoms with Crippen LogP contribution in [0, 0.1) is 0 Å². The van der Waals surface area contributed by atoms with E-state index in [9.17, 15) is 0 Å². The summed E-state index contributed by atoms with van der Waals surface area (Å²) in [5.74, 6) is 0. The molecular weight excluding hydrogens is 184 g/mol. The smallest absolute Gasteiger partial charge is 0.0280 e. The molecule has 0 saturated carbocycles. The Kier molecular flexibility index (Phi) is 3.09. The van der Waals surface area contributed by atoms with Gasteiger partial charge >= 0.3 is 0 Å². The van der Waals surface area contributed by atoms with Gasteiger partial charge in [0.25, 0.3) is 0 Å². The molecule has 0 aromatic rings. The third-order valence-corrected chi connectivity index (χ3v) is 4.32. The van der Waals surface area contributed by atoms with Gasteiger partial charge in [-0.15, -0.1) is 0 Å². The molecule has 2 nitrogen and oxygen atoms in total. The molecule has 1 unspecified atom stereocenters. The lowest BCUT2D eigenvalue weighted by atomic mass is 9.89. The van der Waals surface area contributed by atoms with Crippen LogP contribution in [0.3, 0.4) is 0 Å². The van der Waals surface area contributed by atoms with Gasteiger partial charge in [0, 0.05) is 17.6 Å². The minimum atomic E-state index is 0.375. The molecule has 0 radical (unpaired) electrons. The lowest BCUT2D eigenvalue weighted by molar-refractivity contribution is 0.110. The second kappa shape index (κ2) is 4.06. The highest BCUT2D eigenvalue weighted by Crippen LogP contribution is 2.31. The van der Waals surface area contributed by atoms with Crippen LogP contribution in [0.2, 0.25) is 0 Å². The summed E-state index contributed by atoms with van der Waals surface area (Å²) in [6.07, 6.45) is 6.85. The summed E-state index contributed by atoms with van der Waals surface area (Å²) < 4.78 is 0. The normalized spacial score (nSPS) is 37.0. The average Bonchev–Trinajstić information content (AvgIpc) is 2.46. The van der Waals surface area contributed by atoms with Crippen LogP contribution in [0.1, 0.15) is 52.9 Å². The number of nitrogens with one attached hydrogen (secondary N) is 1. The zero-order valence-corrected chi connectivity index (χ0v) is 10.6. The summed E-state index contributed by atoms with van der Waals surface area (Å²) >= 11 is 0. The van der Waals surface area contributed by atoms with Crippen molar-refractivity contribution in [2.45, 2.75) is 64.0 Å². The van der Waals surface area contributed by atoms with E-state index in [1.807, 2.05) is 0 Å². The van der Waals surface area contributed by atoms with Crippen LogP contribution in [0.5, 0.6) is 0 Å². The topological polar surface area (TPSA) is 15.3 Å². The first-order valence-corrected chi connectivity index (χ1v) is 6.52. The fourth-order valence-electron chi connectivity index (χ4n) is 3.13. The van der Waals surface area contributed by atoms with Crippen molar-refractivity contribution >= 4 is 0 Å². The van der Waals surface area contributed by atoms with Crippen molar-refractivity contribution in [3.63, 3.8) is 0 Å². The molecule has 2 saturated heterocycles. The van der Waals surface area contributed by atoms with E-state index in [0.29, 0.717) is 11.1 Å². The number of nitrogens with zero attached hydrogens (tertiary/aromatic N) is 1. The van der Waals surface area contributed by atoms with Crippen molar-refractivity contribution in [1.82, 2.24) is 10.2 Å². The van der Waals surface area contributed by atoms with Gasteiger partial charge in [0.1, 0.15) is 0 Å². The van der Waals surface area contributed by atoms with Crippen molar-refractivity contribution in [2.75, 3.05) is 19.6 Å². The van der Waals surface area contributed by atoms with Crippen molar-refractivity contribution < 1.29 is 0 Å². The van der Waals surface area contributed by atoms with E-state index in [2.05, 4.69) is 31.0 Å². The summed E-state index contributed by atoms with van der Waals surface area (Å²) in [7, 11) is 0. The standard InChI is InChI=1S/C13H26N2/c1-12(2)7-6-10-15(12)11-13(3)8-4-5-9-14-13/h14H,4-11H2,1-3H3. The van der Waals surface area contributed by atoms with E-state index in [-0.39, 0.29) is 0 Å². The minimum Gasteiger partial charge on any atom is -0.310 e. The van der Waals surface area contributed by atoms with Crippen molar-refractivity contribution in [3.8, 4) is 0 Å². The number of rotatable bonds is 2. The summed E-state index contributed by atoms with van der Waals surface area (Å²) in [4.78, 5) is 2.69. The third kappa shape index (κ3) is 2.54. The van der Waals surface area contributed by atoms with Crippen LogP contribution in [0.25, 0.3) is 0 Å². The molecule has 1 atom stereocenters.